The van der Waals surface area contributed by atoms with Crippen molar-refractivity contribution < 1.29 is 18.7 Å². The summed E-state index contributed by atoms with van der Waals surface area (Å²) in [5.74, 6) is 0.542. The maximum absolute atomic E-state index is 14.0. The number of aryl methyl sites for hydroxylation is 2. The number of benzene rings is 3. The number of hydrogen-bond acceptors (Lipinski definition) is 5. The number of amides is 1. The van der Waals surface area contributed by atoms with E-state index in [1.165, 1.54) is 17.8 Å². The van der Waals surface area contributed by atoms with Gasteiger partial charge in [0.2, 0.25) is 0 Å². The molecule has 0 spiro atoms. The Morgan fingerprint density at radius 3 is 2.62 bits per heavy atom. The van der Waals surface area contributed by atoms with Crippen molar-refractivity contribution in [1.29, 1.82) is 0 Å². The summed E-state index contributed by atoms with van der Waals surface area (Å²) in [7, 11) is 1.55. The van der Waals surface area contributed by atoms with Crippen molar-refractivity contribution in [3.63, 3.8) is 0 Å². The predicted molar refractivity (Wildman–Crippen MR) is 148 cm³/mol. The van der Waals surface area contributed by atoms with Gasteiger partial charge in [-0.25, -0.2) is 4.39 Å². The molecule has 1 amide bonds. The van der Waals surface area contributed by atoms with Gasteiger partial charge < -0.3 is 9.47 Å². The standard InChI is InChI=1S/C26H21FINO3S2/c1-15-8-9-21(16(2)10-15)29-25(30)23(34-26(29)33)13-17-11-20(28)24(22(12-17)31-3)32-14-18-6-4-5-7-19(18)27/h4-13H,14H2,1-3H3/b23-13-. The van der Waals surface area contributed by atoms with Crippen LogP contribution in [0.2, 0.25) is 0 Å². The molecule has 34 heavy (non-hydrogen) atoms. The second kappa shape index (κ2) is 10.5. The Morgan fingerprint density at radius 2 is 1.91 bits per heavy atom. The lowest BCUT2D eigenvalue weighted by Gasteiger charge is -2.17. The summed E-state index contributed by atoms with van der Waals surface area (Å²) in [6.07, 6.45) is 1.80. The van der Waals surface area contributed by atoms with E-state index in [1.807, 2.05) is 38.1 Å². The van der Waals surface area contributed by atoms with Crippen molar-refractivity contribution in [1.82, 2.24) is 0 Å². The summed E-state index contributed by atoms with van der Waals surface area (Å²) in [5, 5.41) is 0. The summed E-state index contributed by atoms with van der Waals surface area (Å²) in [5.41, 5.74) is 4.15. The van der Waals surface area contributed by atoms with Crippen molar-refractivity contribution >= 4 is 68.6 Å². The minimum Gasteiger partial charge on any atom is -0.493 e. The number of thioether (sulfide) groups is 1. The normalized spacial score (nSPS) is 14.7. The first kappa shape index (κ1) is 24.7. The molecule has 1 aliphatic rings. The van der Waals surface area contributed by atoms with Crippen LogP contribution in [-0.2, 0) is 11.4 Å². The minimum absolute atomic E-state index is 0.0763. The molecule has 0 aliphatic carbocycles. The number of methoxy groups -OCH3 is 1. The monoisotopic (exact) mass is 605 g/mol. The molecule has 1 aliphatic heterocycles. The molecular formula is C26H21FINO3S2. The average Bonchev–Trinajstić information content (AvgIpc) is 3.06. The highest BCUT2D eigenvalue weighted by molar-refractivity contribution is 14.1. The zero-order valence-corrected chi connectivity index (χ0v) is 22.5. The van der Waals surface area contributed by atoms with Crippen LogP contribution in [0, 0.1) is 23.2 Å². The van der Waals surface area contributed by atoms with Gasteiger partial charge in [-0.2, -0.15) is 0 Å². The van der Waals surface area contributed by atoms with Crippen molar-refractivity contribution in [3.05, 3.63) is 91.1 Å². The van der Waals surface area contributed by atoms with Gasteiger partial charge >= 0.3 is 0 Å². The fraction of sp³-hybridized carbons (Fsp3) is 0.154. The fourth-order valence-electron chi connectivity index (χ4n) is 3.61. The Kier molecular flexibility index (Phi) is 7.59. The van der Waals surface area contributed by atoms with Crippen LogP contribution in [0.4, 0.5) is 10.1 Å². The lowest BCUT2D eigenvalue weighted by molar-refractivity contribution is -0.113. The van der Waals surface area contributed by atoms with Crippen molar-refractivity contribution in [2.45, 2.75) is 20.5 Å². The first-order valence-corrected chi connectivity index (χ1v) is 12.7. The van der Waals surface area contributed by atoms with E-state index in [1.54, 1.807) is 42.4 Å². The Bertz CT molecular complexity index is 1330. The van der Waals surface area contributed by atoms with Gasteiger partial charge in [0.1, 0.15) is 12.4 Å². The SMILES string of the molecule is COc1cc(/C=C2\SC(=S)N(c3ccc(C)cc3C)C2=O)cc(I)c1OCc1ccccc1F. The molecule has 8 heteroatoms. The number of carbonyl (C=O) groups excluding carboxylic acids is 1. The van der Waals surface area contributed by atoms with Crippen molar-refractivity contribution in [2.24, 2.45) is 0 Å². The molecule has 3 aromatic rings. The quantitative estimate of drug-likeness (QED) is 0.171. The lowest BCUT2D eigenvalue weighted by atomic mass is 10.1. The third kappa shape index (κ3) is 5.13. The number of hydrogen-bond donors (Lipinski definition) is 0. The topological polar surface area (TPSA) is 38.8 Å². The number of rotatable bonds is 6. The molecule has 1 saturated heterocycles. The van der Waals surface area contributed by atoms with E-state index in [-0.39, 0.29) is 18.3 Å². The minimum atomic E-state index is -0.320. The Balaban J connectivity index is 1.60. The van der Waals surface area contributed by atoms with E-state index in [4.69, 9.17) is 21.7 Å². The molecule has 4 nitrogen and oxygen atoms in total. The Morgan fingerprint density at radius 1 is 1.15 bits per heavy atom. The molecule has 4 rings (SSSR count). The van der Waals surface area contributed by atoms with Gasteiger partial charge in [0.25, 0.3) is 5.91 Å². The Hall–Kier alpha value is -2.43. The van der Waals surface area contributed by atoms with Crippen LogP contribution in [0.5, 0.6) is 11.5 Å². The summed E-state index contributed by atoms with van der Waals surface area (Å²) in [6, 6.07) is 16.1. The zero-order chi connectivity index (χ0) is 24.4. The molecule has 0 atom stereocenters. The third-order valence-electron chi connectivity index (χ3n) is 5.27. The van der Waals surface area contributed by atoms with Gasteiger partial charge in [-0.15, -0.1) is 0 Å². The molecule has 1 heterocycles. The van der Waals surface area contributed by atoms with Crippen LogP contribution in [0.3, 0.4) is 0 Å². The average molecular weight is 605 g/mol. The van der Waals surface area contributed by atoms with Gasteiger partial charge in [0.05, 0.1) is 21.3 Å². The second-order valence-electron chi connectivity index (χ2n) is 7.72. The molecule has 0 saturated carbocycles. The third-order valence-corrected chi connectivity index (χ3v) is 7.37. The van der Waals surface area contributed by atoms with Gasteiger partial charge in [-0.1, -0.05) is 59.9 Å². The molecule has 0 N–H and O–H groups in total. The predicted octanol–water partition coefficient (Wildman–Crippen LogP) is 7.04. The molecule has 1 fully saturated rings. The molecule has 0 unspecified atom stereocenters. The van der Waals surface area contributed by atoms with Gasteiger partial charge in [-0.3, -0.25) is 9.69 Å². The molecule has 0 bridgehead atoms. The molecule has 3 aromatic carbocycles. The highest BCUT2D eigenvalue weighted by Gasteiger charge is 2.34. The first-order valence-electron chi connectivity index (χ1n) is 10.4. The number of carbonyl (C=O) groups is 1. The van der Waals surface area contributed by atoms with E-state index in [9.17, 15) is 9.18 Å². The maximum atomic E-state index is 14.0. The van der Waals surface area contributed by atoms with Crippen LogP contribution in [-0.4, -0.2) is 17.3 Å². The van der Waals surface area contributed by atoms with Crippen LogP contribution >= 0.6 is 46.6 Å². The van der Waals surface area contributed by atoms with Gasteiger partial charge in [-0.05, 0) is 77.9 Å². The highest BCUT2D eigenvalue weighted by atomic mass is 127. The number of nitrogens with zero attached hydrogens (tertiary/aromatic N) is 1. The van der Waals surface area contributed by atoms with Crippen LogP contribution in [0.1, 0.15) is 22.3 Å². The number of anilines is 1. The van der Waals surface area contributed by atoms with E-state index in [2.05, 4.69) is 22.6 Å². The fourth-order valence-corrected chi connectivity index (χ4v) is 5.68. The van der Waals surface area contributed by atoms with E-state index < -0.39 is 0 Å². The van der Waals surface area contributed by atoms with Crippen LogP contribution < -0.4 is 14.4 Å². The smallest absolute Gasteiger partial charge is 0.270 e. The van der Waals surface area contributed by atoms with Crippen LogP contribution in [0.25, 0.3) is 6.08 Å². The van der Waals surface area contributed by atoms with Gasteiger partial charge in [0.15, 0.2) is 15.8 Å². The molecule has 0 radical (unpaired) electrons. The summed E-state index contributed by atoms with van der Waals surface area (Å²) < 4.78 is 26.7. The van der Waals surface area contributed by atoms with Crippen molar-refractivity contribution in [2.75, 3.05) is 12.0 Å². The van der Waals surface area contributed by atoms with E-state index in [0.29, 0.717) is 26.3 Å². The molecular weight excluding hydrogens is 584 g/mol. The molecule has 0 aromatic heterocycles. The Labute approximate surface area is 221 Å². The lowest BCUT2D eigenvalue weighted by Crippen LogP contribution is -2.28. The number of thiocarbonyl (C=S) groups is 1. The largest absolute Gasteiger partial charge is 0.493 e. The zero-order valence-electron chi connectivity index (χ0n) is 18.7. The van der Waals surface area contributed by atoms with Crippen LogP contribution in [0.15, 0.2) is 59.5 Å². The second-order valence-corrected chi connectivity index (χ2v) is 10.6. The van der Waals surface area contributed by atoms with E-state index >= 15 is 0 Å². The number of ether oxygens (including phenoxy) is 2. The summed E-state index contributed by atoms with van der Waals surface area (Å²) >= 11 is 8.94. The van der Waals surface area contributed by atoms with E-state index in [0.717, 1.165) is 25.9 Å². The summed E-state index contributed by atoms with van der Waals surface area (Å²) in [4.78, 5) is 15.3. The van der Waals surface area contributed by atoms with Crippen molar-refractivity contribution in [3.8, 4) is 11.5 Å². The molecule has 174 valence electrons. The number of halogens is 2. The highest BCUT2D eigenvalue weighted by Crippen LogP contribution is 2.40. The first-order chi connectivity index (χ1) is 16.3. The summed E-state index contributed by atoms with van der Waals surface area (Å²) in [6.45, 7) is 4.06. The van der Waals surface area contributed by atoms with Gasteiger partial charge in [0, 0.05) is 5.56 Å². The maximum Gasteiger partial charge on any atom is 0.270 e.